The maximum atomic E-state index is 10.5. The molecule has 0 bridgehead atoms. The smallest absolute Gasteiger partial charge is 0.211 e. The first-order valence-corrected chi connectivity index (χ1v) is 6.11. The SMILES string of the molecule is C\C=C(/C=C(/C=C\CC)C(\C)=C\CC)NC=O. The monoisotopic (exact) mass is 233 g/mol. The van der Waals surface area contributed by atoms with E-state index in [-0.39, 0.29) is 0 Å². The molecule has 1 N–H and O–H groups in total. The number of nitrogens with one attached hydrogen (secondary N) is 1. The van der Waals surface area contributed by atoms with Crippen LogP contribution in [-0.4, -0.2) is 6.41 Å². The van der Waals surface area contributed by atoms with E-state index in [0.717, 1.165) is 24.1 Å². The molecule has 0 aromatic carbocycles. The highest BCUT2D eigenvalue weighted by Gasteiger charge is 1.97. The Labute approximate surface area is 105 Å². The quantitative estimate of drug-likeness (QED) is 0.524. The minimum Gasteiger partial charge on any atom is -0.329 e. The van der Waals surface area contributed by atoms with Gasteiger partial charge < -0.3 is 5.32 Å². The van der Waals surface area contributed by atoms with Gasteiger partial charge in [-0.25, -0.2) is 0 Å². The Hall–Kier alpha value is -1.57. The lowest BCUT2D eigenvalue weighted by atomic mass is 10.0. The van der Waals surface area contributed by atoms with E-state index in [9.17, 15) is 4.79 Å². The maximum Gasteiger partial charge on any atom is 0.211 e. The third kappa shape index (κ3) is 6.56. The molecule has 0 aliphatic heterocycles. The average molecular weight is 233 g/mol. The molecular weight excluding hydrogens is 210 g/mol. The molecule has 0 saturated carbocycles. The molecule has 0 aromatic rings. The first kappa shape index (κ1) is 15.4. The highest BCUT2D eigenvalue weighted by Crippen LogP contribution is 2.14. The largest absolute Gasteiger partial charge is 0.329 e. The number of rotatable bonds is 7. The van der Waals surface area contributed by atoms with E-state index in [2.05, 4.69) is 44.3 Å². The van der Waals surface area contributed by atoms with Crippen molar-refractivity contribution in [1.29, 1.82) is 0 Å². The Bertz CT molecular complexity index is 346. The van der Waals surface area contributed by atoms with E-state index in [4.69, 9.17) is 0 Å². The summed E-state index contributed by atoms with van der Waals surface area (Å²) in [6.07, 6.45) is 13.0. The predicted octanol–water partition coefficient (Wildman–Crippen LogP) is 3.89. The lowest BCUT2D eigenvalue weighted by Gasteiger charge is -2.05. The Balaban J connectivity index is 5.15. The Morgan fingerprint density at radius 2 is 1.94 bits per heavy atom. The van der Waals surface area contributed by atoms with Crippen molar-refractivity contribution in [3.63, 3.8) is 0 Å². The summed E-state index contributed by atoms with van der Waals surface area (Å²) < 4.78 is 0. The number of amides is 1. The topological polar surface area (TPSA) is 29.1 Å². The zero-order valence-corrected chi connectivity index (χ0v) is 11.3. The summed E-state index contributed by atoms with van der Waals surface area (Å²) in [5, 5.41) is 2.68. The molecule has 0 aliphatic carbocycles. The van der Waals surface area contributed by atoms with Gasteiger partial charge in [0, 0.05) is 5.70 Å². The minimum absolute atomic E-state index is 0.700. The maximum absolute atomic E-state index is 10.5. The van der Waals surface area contributed by atoms with Crippen LogP contribution in [0.3, 0.4) is 0 Å². The number of carbonyl (C=O) groups excluding carboxylic acids is 1. The number of hydrogen-bond donors (Lipinski definition) is 1. The van der Waals surface area contributed by atoms with Gasteiger partial charge >= 0.3 is 0 Å². The standard InChI is InChI=1S/C15H23NO/c1-5-8-10-14(13(4)9-6-2)11-15(7-3)16-12-17/h7-12H,5-6H2,1-4H3,(H,16,17)/b10-8-,13-9+,14-11-,15-7+. The molecule has 0 aromatic heterocycles. The molecule has 0 radical (unpaired) electrons. The van der Waals surface area contributed by atoms with Gasteiger partial charge in [-0.3, -0.25) is 4.79 Å². The molecule has 94 valence electrons. The average Bonchev–Trinajstić information content (AvgIpc) is 2.33. The third-order valence-electron chi connectivity index (χ3n) is 2.35. The molecule has 0 fully saturated rings. The van der Waals surface area contributed by atoms with E-state index in [0.29, 0.717) is 6.41 Å². The Morgan fingerprint density at radius 3 is 2.41 bits per heavy atom. The van der Waals surface area contributed by atoms with Gasteiger partial charge in [-0.2, -0.15) is 0 Å². The first-order chi connectivity index (χ1) is 8.19. The van der Waals surface area contributed by atoms with Crippen LogP contribution in [0.15, 0.2) is 47.2 Å². The van der Waals surface area contributed by atoms with E-state index in [1.165, 1.54) is 5.57 Å². The van der Waals surface area contributed by atoms with Crippen molar-refractivity contribution in [1.82, 2.24) is 5.32 Å². The zero-order chi connectivity index (χ0) is 13.1. The van der Waals surface area contributed by atoms with Crippen LogP contribution in [0, 0.1) is 0 Å². The second-order valence-electron chi connectivity index (χ2n) is 3.71. The summed E-state index contributed by atoms with van der Waals surface area (Å²) >= 11 is 0. The van der Waals surface area contributed by atoms with Gasteiger partial charge in [0.15, 0.2) is 0 Å². The van der Waals surface area contributed by atoms with Gasteiger partial charge in [-0.05, 0) is 43.9 Å². The highest BCUT2D eigenvalue weighted by atomic mass is 16.1. The number of hydrogen-bond acceptors (Lipinski definition) is 1. The first-order valence-electron chi connectivity index (χ1n) is 6.11. The summed E-state index contributed by atoms with van der Waals surface area (Å²) in [5.74, 6) is 0. The van der Waals surface area contributed by atoms with Gasteiger partial charge in [-0.15, -0.1) is 0 Å². The van der Waals surface area contributed by atoms with Crippen molar-refractivity contribution >= 4 is 6.41 Å². The van der Waals surface area contributed by atoms with Crippen molar-refractivity contribution < 1.29 is 4.79 Å². The molecule has 1 amide bonds. The summed E-state index contributed by atoms with van der Waals surface area (Å²) in [4.78, 5) is 10.5. The van der Waals surface area contributed by atoms with Gasteiger partial charge in [0.05, 0.1) is 0 Å². The van der Waals surface area contributed by atoms with Gasteiger partial charge in [0.1, 0.15) is 0 Å². The fourth-order valence-electron chi connectivity index (χ4n) is 1.41. The molecule has 0 saturated heterocycles. The van der Waals surface area contributed by atoms with Crippen LogP contribution in [0.2, 0.25) is 0 Å². The molecule has 0 heterocycles. The molecule has 0 spiro atoms. The second kappa shape index (κ2) is 9.64. The highest BCUT2D eigenvalue weighted by molar-refractivity contribution is 5.54. The van der Waals surface area contributed by atoms with Crippen LogP contribution < -0.4 is 5.32 Å². The van der Waals surface area contributed by atoms with Crippen LogP contribution in [0.25, 0.3) is 0 Å². The van der Waals surface area contributed by atoms with E-state index in [1.807, 2.05) is 19.1 Å². The molecule has 17 heavy (non-hydrogen) atoms. The molecule has 2 nitrogen and oxygen atoms in total. The van der Waals surface area contributed by atoms with Crippen molar-refractivity contribution in [3.05, 3.63) is 47.2 Å². The van der Waals surface area contributed by atoms with Gasteiger partial charge in [0.25, 0.3) is 0 Å². The van der Waals surface area contributed by atoms with Crippen LogP contribution in [-0.2, 0) is 4.79 Å². The van der Waals surface area contributed by atoms with E-state index >= 15 is 0 Å². The van der Waals surface area contributed by atoms with Crippen LogP contribution in [0.1, 0.15) is 40.5 Å². The van der Waals surface area contributed by atoms with Crippen LogP contribution in [0.4, 0.5) is 0 Å². The molecule has 2 heteroatoms. The van der Waals surface area contributed by atoms with E-state index in [1.54, 1.807) is 0 Å². The predicted molar refractivity (Wildman–Crippen MR) is 74.5 cm³/mol. The summed E-state index contributed by atoms with van der Waals surface area (Å²) in [6, 6.07) is 0. The molecule has 0 atom stereocenters. The third-order valence-corrected chi connectivity index (χ3v) is 2.35. The van der Waals surface area contributed by atoms with E-state index < -0.39 is 0 Å². The second-order valence-corrected chi connectivity index (χ2v) is 3.71. The van der Waals surface area contributed by atoms with Crippen molar-refractivity contribution in [2.45, 2.75) is 40.5 Å². The summed E-state index contributed by atoms with van der Waals surface area (Å²) in [5.41, 5.74) is 3.18. The zero-order valence-electron chi connectivity index (χ0n) is 11.3. The lowest BCUT2D eigenvalue weighted by Crippen LogP contribution is -2.08. The minimum atomic E-state index is 0.700. The normalized spacial score (nSPS) is 14.2. The lowest BCUT2D eigenvalue weighted by molar-refractivity contribution is -0.108. The van der Waals surface area contributed by atoms with Crippen molar-refractivity contribution in [3.8, 4) is 0 Å². The molecule has 0 rings (SSSR count). The number of allylic oxidation sites excluding steroid dienone is 7. The number of carbonyl (C=O) groups is 1. The molecule has 0 unspecified atom stereocenters. The molecular formula is C15H23NO. The fourth-order valence-corrected chi connectivity index (χ4v) is 1.41. The molecule has 0 aliphatic rings. The summed E-state index contributed by atoms with van der Waals surface area (Å²) in [7, 11) is 0. The van der Waals surface area contributed by atoms with Crippen LogP contribution in [0.5, 0.6) is 0 Å². The van der Waals surface area contributed by atoms with Gasteiger partial charge in [0.2, 0.25) is 6.41 Å². The Morgan fingerprint density at radius 1 is 1.24 bits per heavy atom. The van der Waals surface area contributed by atoms with Crippen molar-refractivity contribution in [2.75, 3.05) is 0 Å². The van der Waals surface area contributed by atoms with Gasteiger partial charge in [-0.1, -0.05) is 38.2 Å². The van der Waals surface area contributed by atoms with Crippen LogP contribution >= 0.6 is 0 Å². The Kier molecular flexibility index (Phi) is 8.75. The summed E-state index contributed by atoms with van der Waals surface area (Å²) in [6.45, 7) is 8.21. The van der Waals surface area contributed by atoms with Crippen molar-refractivity contribution in [2.24, 2.45) is 0 Å². The fraction of sp³-hybridized carbons (Fsp3) is 0.400.